The van der Waals surface area contributed by atoms with Gasteiger partial charge >= 0.3 is 0 Å². The van der Waals surface area contributed by atoms with Gasteiger partial charge in [-0.05, 0) is 44.7 Å². The molecule has 1 N–H and O–H groups in total. The van der Waals surface area contributed by atoms with Crippen LogP contribution in [0, 0.1) is 20.8 Å². The van der Waals surface area contributed by atoms with E-state index in [1.165, 1.54) is 72.9 Å². The van der Waals surface area contributed by atoms with Gasteiger partial charge in [0.15, 0.2) is 0 Å². The molecule has 2 aromatic rings. The second-order valence-corrected chi connectivity index (χ2v) is 7.00. The molecule has 2 nitrogen and oxygen atoms in total. The minimum absolute atomic E-state index is 0.674. The molecule has 1 aliphatic rings. The lowest BCUT2D eigenvalue weighted by molar-refractivity contribution is 0.450. The van der Waals surface area contributed by atoms with Gasteiger partial charge in [0.05, 0.1) is 0 Å². The number of aromatic nitrogens is 2. The monoisotopic (exact) mass is 296 g/mol. The predicted octanol–water partition coefficient (Wildman–Crippen LogP) is 5.83. The highest BCUT2D eigenvalue weighted by Gasteiger charge is 2.17. The molecule has 0 radical (unpaired) electrons. The van der Waals surface area contributed by atoms with Crippen LogP contribution in [0.3, 0.4) is 0 Å². The number of nitrogens with zero attached hydrogens (tertiary/aromatic N) is 1. The number of benzene rings is 1. The summed E-state index contributed by atoms with van der Waals surface area (Å²) in [6, 6.07) is 4.50. The van der Waals surface area contributed by atoms with E-state index in [1.807, 2.05) is 0 Å². The quantitative estimate of drug-likeness (QED) is 0.742. The summed E-state index contributed by atoms with van der Waals surface area (Å²) in [5.41, 5.74) is 6.58. The molecule has 0 aliphatic heterocycles. The molecule has 0 saturated heterocycles. The number of imidazole rings is 1. The highest BCUT2D eigenvalue weighted by molar-refractivity contribution is 5.65. The lowest BCUT2D eigenvalue weighted by atomic mass is 9.89. The minimum Gasteiger partial charge on any atom is -0.342 e. The van der Waals surface area contributed by atoms with E-state index in [1.54, 1.807) is 0 Å². The van der Waals surface area contributed by atoms with E-state index in [2.05, 4.69) is 44.1 Å². The van der Waals surface area contributed by atoms with Gasteiger partial charge < -0.3 is 4.98 Å². The van der Waals surface area contributed by atoms with Gasteiger partial charge in [0.1, 0.15) is 5.82 Å². The van der Waals surface area contributed by atoms with Crippen molar-refractivity contribution in [3.63, 3.8) is 0 Å². The average Bonchev–Trinajstić information content (AvgIpc) is 2.86. The highest BCUT2D eigenvalue weighted by atomic mass is 14.9. The van der Waals surface area contributed by atoms with Crippen LogP contribution in [0.4, 0.5) is 0 Å². The van der Waals surface area contributed by atoms with Gasteiger partial charge in [-0.15, -0.1) is 0 Å². The lowest BCUT2D eigenvalue weighted by Crippen LogP contribution is -2.02. The van der Waals surface area contributed by atoms with E-state index in [4.69, 9.17) is 4.98 Å². The third-order valence-corrected chi connectivity index (χ3v) is 5.05. The Labute approximate surface area is 134 Å². The molecule has 0 atom stereocenters. The van der Waals surface area contributed by atoms with Crippen molar-refractivity contribution in [3.8, 4) is 11.4 Å². The summed E-state index contributed by atoms with van der Waals surface area (Å²) in [6.45, 7) is 6.53. The maximum atomic E-state index is 4.71. The Hall–Kier alpha value is -1.57. The molecule has 1 aliphatic carbocycles. The van der Waals surface area contributed by atoms with E-state index in [0.717, 1.165) is 5.82 Å². The van der Waals surface area contributed by atoms with Crippen molar-refractivity contribution >= 4 is 0 Å². The zero-order valence-electron chi connectivity index (χ0n) is 14.2. The summed E-state index contributed by atoms with van der Waals surface area (Å²) in [7, 11) is 0. The second kappa shape index (κ2) is 6.68. The Morgan fingerprint density at radius 2 is 1.50 bits per heavy atom. The molecule has 22 heavy (non-hydrogen) atoms. The zero-order valence-corrected chi connectivity index (χ0v) is 14.2. The molecule has 1 aromatic carbocycles. The maximum Gasteiger partial charge on any atom is 0.138 e. The van der Waals surface area contributed by atoms with E-state index < -0.39 is 0 Å². The van der Waals surface area contributed by atoms with E-state index in [9.17, 15) is 0 Å². The summed E-state index contributed by atoms with van der Waals surface area (Å²) >= 11 is 0. The Bertz CT molecular complexity index is 608. The Morgan fingerprint density at radius 3 is 2.14 bits per heavy atom. The fraction of sp³-hybridized carbons (Fsp3) is 0.550. The fourth-order valence-corrected chi connectivity index (χ4v) is 3.99. The standard InChI is InChI=1S/C20H28N2/c1-14-11-15(2)19(16(3)12-14)20-21-13-18(22-20)17-9-7-5-4-6-8-10-17/h11-13,17H,4-10H2,1-3H3,(H,21,22). The predicted molar refractivity (Wildman–Crippen MR) is 93.3 cm³/mol. The summed E-state index contributed by atoms with van der Waals surface area (Å²) in [4.78, 5) is 8.35. The van der Waals surface area contributed by atoms with Crippen molar-refractivity contribution in [1.82, 2.24) is 9.97 Å². The van der Waals surface area contributed by atoms with Crippen LogP contribution in [0.25, 0.3) is 11.4 Å². The molecule has 0 spiro atoms. The average molecular weight is 296 g/mol. The SMILES string of the molecule is Cc1cc(C)c(-c2ncc(C3CCCCCCC3)[nH]2)c(C)c1. The summed E-state index contributed by atoms with van der Waals surface area (Å²) in [6.07, 6.45) is 11.6. The second-order valence-electron chi connectivity index (χ2n) is 7.00. The van der Waals surface area contributed by atoms with Crippen molar-refractivity contribution in [2.75, 3.05) is 0 Å². The van der Waals surface area contributed by atoms with Crippen molar-refractivity contribution in [1.29, 1.82) is 0 Å². The number of hydrogen-bond donors (Lipinski definition) is 1. The van der Waals surface area contributed by atoms with E-state index in [0.29, 0.717) is 5.92 Å². The third-order valence-electron chi connectivity index (χ3n) is 5.05. The maximum absolute atomic E-state index is 4.71. The molecule has 118 valence electrons. The number of aromatic amines is 1. The van der Waals surface area contributed by atoms with Crippen LogP contribution >= 0.6 is 0 Å². The summed E-state index contributed by atoms with van der Waals surface area (Å²) in [5.74, 6) is 1.72. The van der Waals surface area contributed by atoms with Gasteiger partial charge in [0.25, 0.3) is 0 Å². The number of H-pyrrole nitrogens is 1. The molecule has 1 aromatic heterocycles. The molecular weight excluding hydrogens is 268 g/mol. The molecule has 1 fully saturated rings. The van der Waals surface area contributed by atoms with Gasteiger partial charge in [-0.3, -0.25) is 0 Å². The van der Waals surface area contributed by atoms with Gasteiger partial charge in [-0.2, -0.15) is 0 Å². The Kier molecular flexibility index (Phi) is 4.66. The normalized spacial score (nSPS) is 17.2. The third kappa shape index (κ3) is 3.26. The van der Waals surface area contributed by atoms with E-state index >= 15 is 0 Å². The summed E-state index contributed by atoms with van der Waals surface area (Å²) < 4.78 is 0. The topological polar surface area (TPSA) is 28.7 Å². The zero-order chi connectivity index (χ0) is 15.5. The Morgan fingerprint density at radius 1 is 0.909 bits per heavy atom. The van der Waals surface area contributed by atoms with Gasteiger partial charge in [0.2, 0.25) is 0 Å². The first kappa shape index (κ1) is 15.3. The van der Waals surface area contributed by atoms with Gasteiger partial charge in [0, 0.05) is 23.4 Å². The number of rotatable bonds is 2. The molecule has 1 heterocycles. The molecule has 0 amide bonds. The molecule has 1 saturated carbocycles. The first-order valence-corrected chi connectivity index (χ1v) is 8.78. The molecular formula is C20H28N2. The van der Waals surface area contributed by atoms with Crippen LogP contribution in [0.1, 0.15) is 73.2 Å². The number of hydrogen-bond acceptors (Lipinski definition) is 1. The van der Waals surface area contributed by atoms with Crippen molar-refractivity contribution in [2.24, 2.45) is 0 Å². The summed E-state index contributed by atoms with van der Waals surface area (Å²) in [5, 5.41) is 0. The van der Waals surface area contributed by atoms with Crippen LogP contribution in [-0.4, -0.2) is 9.97 Å². The molecule has 0 unspecified atom stereocenters. The van der Waals surface area contributed by atoms with Crippen molar-refractivity contribution in [3.05, 3.63) is 40.7 Å². The van der Waals surface area contributed by atoms with Crippen LogP contribution in [0.2, 0.25) is 0 Å². The molecule has 3 rings (SSSR count). The minimum atomic E-state index is 0.674. The van der Waals surface area contributed by atoms with Crippen LogP contribution in [0.5, 0.6) is 0 Å². The van der Waals surface area contributed by atoms with E-state index in [-0.39, 0.29) is 0 Å². The fourth-order valence-electron chi connectivity index (χ4n) is 3.99. The van der Waals surface area contributed by atoms with Crippen LogP contribution in [-0.2, 0) is 0 Å². The van der Waals surface area contributed by atoms with Crippen molar-refractivity contribution < 1.29 is 0 Å². The highest BCUT2D eigenvalue weighted by Crippen LogP contribution is 2.32. The first-order valence-electron chi connectivity index (χ1n) is 8.78. The van der Waals surface area contributed by atoms with Gasteiger partial charge in [-0.1, -0.05) is 49.8 Å². The van der Waals surface area contributed by atoms with Gasteiger partial charge in [-0.25, -0.2) is 4.98 Å². The largest absolute Gasteiger partial charge is 0.342 e. The number of aryl methyl sites for hydroxylation is 3. The Balaban J connectivity index is 1.87. The molecule has 0 bridgehead atoms. The first-order chi connectivity index (χ1) is 10.6. The number of nitrogens with one attached hydrogen (secondary N) is 1. The van der Waals surface area contributed by atoms with Crippen LogP contribution < -0.4 is 0 Å². The van der Waals surface area contributed by atoms with Crippen LogP contribution in [0.15, 0.2) is 18.3 Å². The van der Waals surface area contributed by atoms with Crippen molar-refractivity contribution in [2.45, 2.75) is 71.6 Å². The lowest BCUT2D eigenvalue weighted by Gasteiger charge is -2.18. The molecule has 2 heteroatoms. The smallest absolute Gasteiger partial charge is 0.138 e.